The Balaban J connectivity index is 1.73. The van der Waals surface area contributed by atoms with Crippen LogP contribution in [0.25, 0.3) is 6.08 Å². The molecule has 0 aromatic heterocycles. The van der Waals surface area contributed by atoms with Gasteiger partial charge in [-0.3, -0.25) is 14.9 Å². The third-order valence-electron chi connectivity index (χ3n) is 5.03. The van der Waals surface area contributed by atoms with Crippen LogP contribution in [-0.4, -0.2) is 17.9 Å². The second-order valence-electron chi connectivity index (χ2n) is 7.40. The highest BCUT2D eigenvalue weighted by Crippen LogP contribution is 2.30. The molecule has 0 spiro atoms. The number of ether oxygens (including phenoxy) is 2. The molecule has 34 heavy (non-hydrogen) atoms. The normalized spacial score (nSPS) is 11.7. The summed E-state index contributed by atoms with van der Waals surface area (Å²) in [5, 5.41) is 23.3. The maximum Gasteiger partial charge on any atom is 0.269 e. The second-order valence-corrected chi connectivity index (χ2v) is 7.40. The van der Waals surface area contributed by atoms with Gasteiger partial charge in [0.15, 0.2) is 11.5 Å². The van der Waals surface area contributed by atoms with E-state index >= 15 is 0 Å². The molecular weight excluding hydrogens is 434 g/mol. The van der Waals surface area contributed by atoms with Gasteiger partial charge in [-0.05, 0) is 41.8 Å². The van der Waals surface area contributed by atoms with Gasteiger partial charge in [0.2, 0.25) is 0 Å². The maximum atomic E-state index is 12.6. The number of carbonyl (C=O) groups is 1. The van der Waals surface area contributed by atoms with E-state index in [1.807, 2.05) is 43.3 Å². The third-order valence-corrected chi connectivity index (χ3v) is 5.03. The van der Waals surface area contributed by atoms with Crippen LogP contribution in [0.15, 0.2) is 78.4 Å². The monoisotopic (exact) mass is 457 g/mol. The first-order valence-corrected chi connectivity index (χ1v) is 10.4. The SMILES string of the molecule is COc1cc(/C=C(/C#N)C(=O)N[C@H](C)c2ccccc2)ccc1OCc1cccc([N+](=O)[O-])c1. The van der Waals surface area contributed by atoms with Crippen molar-refractivity contribution in [3.63, 3.8) is 0 Å². The van der Waals surface area contributed by atoms with Gasteiger partial charge in [-0.15, -0.1) is 0 Å². The molecule has 172 valence electrons. The Morgan fingerprint density at radius 1 is 1.12 bits per heavy atom. The summed E-state index contributed by atoms with van der Waals surface area (Å²) in [6.07, 6.45) is 1.47. The molecule has 0 aliphatic rings. The van der Waals surface area contributed by atoms with Gasteiger partial charge in [0.05, 0.1) is 18.1 Å². The molecule has 0 aliphatic heterocycles. The number of nitrogens with one attached hydrogen (secondary N) is 1. The zero-order valence-electron chi connectivity index (χ0n) is 18.7. The van der Waals surface area contributed by atoms with Gasteiger partial charge in [-0.1, -0.05) is 48.5 Å². The lowest BCUT2D eigenvalue weighted by Crippen LogP contribution is -2.27. The predicted molar refractivity (Wildman–Crippen MR) is 127 cm³/mol. The van der Waals surface area contributed by atoms with E-state index in [0.29, 0.717) is 22.6 Å². The molecule has 0 aliphatic carbocycles. The molecule has 0 unspecified atom stereocenters. The summed E-state index contributed by atoms with van der Waals surface area (Å²) in [6.45, 7) is 1.95. The van der Waals surface area contributed by atoms with Crippen molar-refractivity contribution in [1.82, 2.24) is 5.32 Å². The van der Waals surface area contributed by atoms with Gasteiger partial charge in [0, 0.05) is 12.1 Å². The van der Waals surface area contributed by atoms with Crippen molar-refractivity contribution in [3.8, 4) is 17.6 Å². The molecule has 0 fully saturated rings. The smallest absolute Gasteiger partial charge is 0.269 e. The number of benzene rings is 3. The molecule has 1 amide bonds. The van der Waals surface area contributed by atoms with Crippen LogP contribution in [0.2, 0.25) is 0 Å². The molecule has 0 radical (unpaired) electrons. The average Bonchev–Trinajstić information content (AvgIpc) is 2.86. The van der Waals surface area contributed by atoms with E-state index in [9.17, 15) is 20.2 Å². The van der Waals surface area contributed by atoms with Crippen LogP contribution in [0.4, 0.5) is 5.69 Å². The van der Waals surface area contributed by atoms with E-state index in [1.54, 1.807) is 30.3 Å². The summed E-state index contributed by atoms with van der Waals surface area (Å²) >= 11 is 0. The number of hydrogen-bond acceptors (Lipinski definition) is 6. The number of nitriles is 1. The lowest BCUT2D eigenvalue weighted by atomic mass is 10.1. The number of amides is 1. The minimum Gasteiger partial charge on any atom is -0.493 e. The van der Waals surface area contributed by atoms with E-state index in [1.165, 1.54) is 25.3 Å². The zero-order chi connectivity index (χ0) is 24.5. The highest BCUT2D eigenvalue weighted by atomic mass is 16.6. The van der Waals surface area contributed by atoms with Crippen LogP contribution in [0.3, 0.4) is 0 Å². The van der Waals surface area contributed by atoms with Gasteiger partial charge in [-0.25, -0.2) is 0 Å². The van der Waals surface area contributed by atoms with Crippen molar-refractivity contribution in [2.75, 3.05) is 7.11 Å². The molecule has 0 heterocycles. The maximum absolute atomic E-state index is 12.6. The van der Waals surface area contributed by atoms with E-state index in [2.05, 4.69) is 5.32 Å². The lowest BCUT2D eigenvalue weighted by Gasteiger charge is -2.14. The first-order valence-electron chi connectivity index (χ1n) is 10.4. The number of rotatable bonds is 9. The Kier molecular flexibility index (Phi) is 7.97. The van der Waals surface area contributed by atoms with Crippen molar-refractivity contribution in [1.29, 1.82) is 5.26 Å². The van der Waals surface area contributed by atoms with Crippen LogP contribution >= 0.6 is 0 Å². The number of non-ortho nitro benzene ring substituents is 1. The topological polar surface area (TPSA) is 114 Å². The second kappa shape index (κ2) is 11.3. The van der Waals surface area contributed by atoms with Crippen molar-refractivity contribution in [3.05, 3.63) is 105 Å². The summed E-state index contributed by atoms with van der Waals surface area (Å²) in [4.78, 5) is 23.1. The number of nitro groups is 1. The van der Waals surface area contributed by atoms with Crippen LogP contribution in [-0.2, 0) is 11.4 Å². The minimum absolute atomic E-state index is 0.0163. The Morgan fingerprint density at radius 2 is 1.88 bits per heavy atom. The van der Waals surface area contributed by atoms with Gasteiger partial charge >= 0.3 is 0 Å². The number of nitro benzene ring substituents is 1. The number of hydrogen-bond donors (Lipinski definition) is 1. The Bertz CT molecular complexity index is 1250. The molecule has 8 nitrogen and oxygen atoms in total. The first-order chi connectivity index (χ1) is 16.4. The quantitative estimate of drug-likeness (QED) is 0.210. The summed E-state index contributed by atoms with van der Waals surface area (Å²) in [7, 11) is 1.47. The molecule has 3 aromatic carbocycles. The van der Waals surface area contributed by atoms with Crippen LogP contribution in [0.1, 0.15) is 29.7 Å². The van der Waals surface area contributed by atoms with Crippen LogP contribution < -0.4 is 14.8 Å². The van der Waals surface area contributed by atoms with Crippen LogP contribution in [0, 0.1) is 21.4 Å². The van der Waals surface area contributed by atoms with Gasteiger partial charge in [-0.2, -0.15) is 5.26 Å². The van der Waals surface area contributed by atoms with Gasteiger partial charge < -0.3 is 14.8 Å². The van der Waals surface area contributed by atoms with Crippen molar-refractivity contribution in [2.24, 2.45) is 0 Å². The van der Waals surface area contributed by atoms with E-state index in [-0.39, 0.29) is 23.9 Å². The molecule has 8 heteroatoms. The predicted octanol–water partition coefficient (Wildman–Crippen LogP) is 4.97. The third kappa shape index (κ3) is 6.20. The zero-order valence-corrected chi connectivity index (χ0v) is 18.7. The summed E-state index contributed by atoms with van der Waals surface area (Å²) < 4.78 is 11.2. The fourth-order valence-electron chi connectivity index (χ4n) is 3.23. The minimum atomic E-state index is -0.483. The van der Waals surface area contributed by atoms with Gasteiger partial charge in [0.25, 0.3) is 11.6 Å². The number of carbonyl (C=O) groups excluding carboxylic acids is 1. The highest BCUT2D eigenvalue weighted by molar-refractivity contribution is 6.01. The average molecular weight is 457 g/mol. The molecule has 0 saturated carbocycles. The van der Waals surface area contributed by atoms with E-state index in [4.69, 9.17) is 9.47 Å². The summed E-state index contributed by atoms with van der Waals surface area (Å²) in [5.74, 6) is 0.338. The van der Waals surface area contributed by atoms with E-state index < -0.39 is 10.8 Å². The largest absolute Gasteiger partial charge is 0.493 e. The summed E-state index contributed by atoms with van der Waals surface area (Å²) in [6, 6.07) is 22.3. The lowest BCUT2D eigenvalue weighted by molar-refractivity contribution is -0.384. The molecule has 1 atom stereocenters. The Labute approximate surface area is 197 Å². The highest BCUT2D eigenvalue weighted by Gasteiger charge is 2.15. The van der Waals surface area contributed by atoms with Crippen molar-refractivity contribution in [2.45, 2.75) is 19.6 Å². The molecule has 3 rings (SSSR count). The molecular formula is C26H23N3O5. The van der Waals surface area contributed by atoms with E-state index in [0.717, 1.165) is 5.56 Å². The fraction of sp³-hybridized carbons (Fsp3) is 0.154. The standard InChI is InChI=1S/C26H23N3O5/c1-18(21-8-4-3-5-9-21)28-26(30)22(16-27)13-19-11-12-24(25(15-19)33-2)34-17-20-7-6-10-23(14-20)29(31)32/h3-15,18H,17H2,1-2H3,(H,28,30)/b22-13-/t18-/m1/s1. The number of methoxy groups -OCH3 is 1. The van der Waals surface area contributed by atoms with Crippen LogP contribution in [0.5, 0.6) is 11.5 Å². The first kappa shape index (κ1) is 24.0. The molecule has 0 bridgehead atoms. The molecule has 3 aromatic rings. The van der Waals surface area contributed by atoms with Crippen molar-refractivity contribution < 1.29 is 19.2 Å². The Hall–Kier alpha value is -4.64. The van der Waals surface area contributed by atoms with Gasteiger partial charge in [0.1, 0.15) is 18.2 Å². The molecule has 0 saturated heterocycles. The van der Waals surface area contributed by atoms with Crippen molar-refractivity contribution >= 4 is 17.7 Å². The summed E-state index contributed by atoms with van der Waals surface area (Å²) in [5.41, 5.74) is 2.09. The number of nitrogens with zero attached hydrogens (tertiary/aromatic N) is 2. The molecule has 1 N–H and O–H groups in total. The Morgan fingerprint density at radius 3 is 2.56 bits per heavy atom. The fourth-order valence-corrected chi connectivity index (χ4v) is 3.23.